The number of likely N-dealkylation sites (tertiary alicyclic amines) is 2. The second-order valence-corrected chi connectivity index (χ2v) is 40.6. The minimum Gasteiger partial charge on any atom is -0.507 e. The van der Waals surface area contributed by atoms with E-state index in [0.717, 1.165) is 28.0 Å². The minimum absolute atomic E-state index is 0.0406. The van der Waals surface area contributed by atoms with Crippen LogP contribution in [0.5, 0.6) is 23.0 Å². The number of thiol groups is 1. The van der Waals surface area contributed by atoms with Crippen LogP contribution in [0.15, 0.2) is 170 Å². The molecule has 0 aromatic heterocycles. The van der Waals surface area contributed by atoms with Gasteiger partial charge in [-0.1, -0.05) is 168 Å². The Kier molecular flexibility index (Phi) is 42.3. The molecule has 8 bridgehead atoms. The molecule has 12 rings (SSSR count). The number of rotatable bonds is 33. The second-order valence-electron chi connectivity index (χ2n) is 39.1. The van der Waals surface area contributed by atoms with Crippen LogP contribution in [0.25, 0.3) is 44.5 Å². The molecule has 8 aromatic rings. The number of nitrogens with zero attached hydrogens (tertiary/aromatic N) is 4. The molecule has 2 fully saturated rings. The zero-order chi connectivity index (χ0) is 107. The van der Waals surface area contributed by atoms with Crippen molar-refractivity contribution in [3.63, 3.8) is 0 Å². The molecule has 33 heteroatoms. The van der Waals surface area contributed by atoms with Crippen molar-refractivity contribution in [3.8, 4) is 67.5 Å². The van der Waals surface area contributed by atoms with Crippen LogP contribution in [-0.2, 0) is 75.1 Å². The Labute approximate surface area is 870 Å². The summed E-state index contributed by atoms with van der Waals surface area (Å²) in [6, 6.07) is 42.2. The number of benzene rings is 8. The monoisotopic (exact) mass is 2060 g/mol. The Hall–Kier alpha value is -13.1. The van der Waals surface area contributed by atoms with Gasteiger partial charge in [-0.25, -0.2) is 4.79 Å². The summed E-state index contributed by atoms with van der Waals surface area (Å²) in [7, 11) is 9.03. The number of fused-ring (bicyclic) bond motifs is 10. The first-order valence-corrected chi connectivity index (χ1v) is 51.3. The first-order chi connectivity index (χ1) is 69.5. The average Bonchev–Trinajstić information content (AvgIpc) is 0.942. The average molecular weight is 2060 g/mol. The van der Waals surface area contributed by atoms with Gasteiger partial charge in [-0.05, 0) is 215 Å². The number of amides is 9. The summed E-state index contributed by atoms with van der Waals surface area (Å²) in [5.41, 5.74) is 12.8. The smallest absolute Gasteiger partial charge is 0.407 e. The number of carbonyl (C=O) groups is 15. The number of nitrogens with two attached hydrogens (primary N) is 1. The van der Waals surface area contributed by atoms with Gasteiger partial charge in [-0.3, -0.25) is 67.1 Å². The lowest BCUT2D eigenvalue weighted by Crippen LogP contribution is -2.48. The number of ether oxygens (including phenoxy) is 3. The summed E-state index contributed by atoms with van der Waals surface area (Å²) in [5, 5.41) is 37.3. The normalized spacial score (nSPS) is 18.7. The van der Waals surface area contributed by atoms with Crippen LogP contribution in [0.1, 0.15) is 213 Å². The van der Waals surface area contributed by atoms with E-state index < -0.39 is 130 Å². The molecule has 780 valence electrons. The molecule has 2 saturated heterocycles. The lowest BCUT2D eigenvalue weighted by Gasteiger charge is -2.32. The number of carbonyl (C=O) groups excluding carboxylic acids is 15. The number of unbranched alkanes of at least 4 members (excludes halogenated alkanes) is 2. The molecule has 12 atom stereocenters. The van der Waals surface area contributed by atoms with Gasteiger partial charge in [-0.2, -0.15) is 12.6 Å². The van der Waals surface area contributed by atoms with Crippen molar-refractivity contribution >= 4 is 124 Å². The molecule has 0 saturated carbocycles. The fraction of sp³-hybridized carbons (Fsp3) is 0.442. The van der Waals surface area contributed by atoms with E-state index in [1.807, 2.05) is 61.5 Å². The van der Waals surface area contributed by atoms with Gasteiger partial charge in [0.15, 0.2) is 34.7 Å². The Morgan fingerprint density at radius 1 is 0.507 bits per heavy atom. The Bertz CT molecular complexity index is 6020. The lowest BCUT2D eigenvalue weighted by molar-refractivity contribution is -0.143. The highest BCUT2D eigenvalue weighted by atomic mass is 35.5. The van der Waals surface area contributed by atoms with Crippen LogP contribution in [-0.4, -0.2) is 222 Å². The molecule has 4 heterocycles. The van der Waals surface area contributed by atoms with E-state index >= 15 is 9.59 Å². The van der Waals surface area contributed by atoms with Crippen molar-refractivity contribution in [1.82, 2.24) is 46.2 Å². The zero-order valence-electron chi connectivity index (χ0n) is 85.7. The van der Waals surface area contributed by atoms with Crippen molar-refractivity contribution in [2.24, 2.45) is 41.2 Å². The van der Waals surface area contributed by atoms with Gasteiger partial charge in [0, 0.05) is 165 Å². The third-order valence-electron chi connectivity index (χ3n) is 27.1. The van der Waals surface area contributed by atoms with Gasteiger partial charge in [-0.15, -0.1) is 0 Å². The molecular formula is C113H138Cl2N10O20S. The van der Waals surface area contributed by atoms with Crippen LogP contribution < -0.4 is 41.8 Å². The topological polar surface area (TPSA) is 423 Å². The first kappa shape index (κ1) is 115. The number of nitrogens with one attached hydrogen (secondary N) is 5. The number of ketones is 6. The number of alkyl carbamates (subject to hydrolysis) is 1. The molecule has 4 aliphatic rings. The predicted octanol–water partition coefficient (Wildman–Crippen LogP) is 16.3. The van der Waals surface area contributed by atoms with Crippen molar-refractivity contribution in [2.45, 2.75) is 213 Å². The Morgan fingerprint density at radius 2 is 0.870 bits per heavy atom. The standard InChI is InChI=1S/C59H72ClN5O11.C52H60ClN5O9.C2H6S/c1-35-29-50(68)53(64(7)57(72)42(13-10-11-27-62-58(73)76-59(3,4)5)34-48(66)40-18-16-38(17-19-40)39-20-23-43(60)24-21-39)41-22-26-52(75-9)45(33-41)44-31-37(15-25-51(44)74-8)32-46(63-54(35)69)49(67)30-36(2)56(71)65-28-12-14-47(65)55(70)61-6;1-30-24-47(63)48(57(4)52(67)37(8-5-6-22-54)29-45(61)35-13-11-33(12-14-35)34-15-18-38(53)19-16-34)36-17-21-44(60)40(28-36)39-26-32(10-20-43(39)59)27-41(56-49(30)64)46(62)25-31(2)51(66)58-23-7-9-42(58)50(65)55-3;1-2-3/h15-26,31,33,35-36,42,46-47,53H,10-14,27-30,32,34H2,1-9H3,(H,61,70)(H,62,73)(H,63,69);10-21,26,28,30-31,37,41-42,48,59-60H,5-9,22-25,27,29,54H2,1-4H3,(H,55,65)(H,56,64);3H,2H2,1H3/t35-,36-,42-,46+,47+,53+;30-,31-,37-,41+,42+,48+;/m11./s1. The van der Waals surface area contributed by atoms with Gasteiger partial charge in [0.1, 0.15) is 52.8 Å². The summed E-state index contributed by atoms with van der Waals surface area (Å²) < 4.78 is 17.1. The van der Waals surface area contributed by atoms with Crippen LogP contribution >= 0.6 is 35.8 Å². The summed E-state index contributed by atoms with van der Waals surface area (Å²) in [6.45, 7) is 15.1. The van der Waals surface area contributed by atoms with E-state index in [-0.39, 0.29) is 122 Å². The Balaban J connectivity index is 0.000000293. The third-order valence-corrected chi connectivity index (χ3v) is 27.6. The van der Waals surface area contributed by atoms with Crippen molar-refractivity contribution in [3.05, 3.63) is 213 Å². The molecule has 9 amide bonds. The maximum Gasteiger partial charge on any atom is 0.407 e. The number of halogens is 2. The molecule has 0 aliphatic carbocycles. The van der Waals surface area contributed by atoms with Crippen LogP contribution in [0.4, 0.5) is 4.79 Å². The SMILES string of the molecule is CCS.CNC(=O)[C@@H]1CCCN1C(=O)[C@H](C)CC(=O)[C@@H]1Cc2ccc(O)c(c2)-c2cc(ccc2O)[C@H](N(C)C(=O)[C@H](CCCCN)CC(=O)c2ccc(-c3ccc(Cl)cc3)cc2)C(=O)C[C@@H](C)C(=O)N1.CNC(=O)[C@@H]1CCCN1C(=O)[C@H](C)CC(=O)[C@@H]1Cc2ccc(OC)c(c2)-c2cc(ccc2OC)[C@H](N(C)C(=O)[C@H](CCCCNC(=O)OC(C)(C)C)CC(=O)c2ccc(-c3ccc(Cl)cc3)cc2)C(=O)C[C@@H](C)C(=O)N1. The quantitative estimate of drug-likeness (QED) is 0.0105. The van der Waals surface area contributed by atoms with Crippen molar-refractivity contribution in [2.75, 3.05) is 74.3 Å². The van der Waals surface area contributed by atoms with Gasteiger partial charge < -0.3 is 76.3 Å². The summed E-state index contributed by atoms with van der Waals surface area (Å²) >= 11 is 16.0. The molecule has 8 aromatic carbocycles. The zero-order valence-corrected chi connectivity index (χ0v) is 88.1. The fourth-order valence-electron chi connectivity index (χ4n) is 19.2. The van der Waals surface area contributed by atoms with E-state index in [1.165, 1.54) is 86.3 Å². The van der Waals surface area contributed by atoms with Crippen LogP contribution in [0, 0.1) is 35.5 Å². The maximum absolute atomic E-state index is 15.1. The van der Waals surface area contributed by atoms with Gasteiger partial charge in [0.2, 0.25) is 47.3 Å². The highest BCUT2D eigenvalue weighted by molar-refractivity contribution is 7.80. The minimum atomic E-state index is -1.30. The Morgan fingerprint density at radius 3 is 1.27 bits per heavy atom. The maximum atomic E-state index is 15.1. The highest BCUT2D eigenvalue weighted by Crippen LogP contribution is 2.44. The number of Topliss-reactive ketones (excluding diaryl/α,β-unsaturated/α-hetero) is 6. The number of phenolic OH excluding ortho intramolecular Hbond substituents is 2. The van der Waals surface area contributed by atoms with Crippen LogP contribution in [0.2, 0.25) is 10.0 Å². The summed E-state index contributed by atoms with van der Waals surface area (Å²) in [6.07, 6.45) is 2.81. The van der Waals surface area contributed by atoms with E-state index in [9.17, 15) is 72.5 Å². The van der Waals surface area contributed by atoms with Crippen molar-refractivity contribution < 1.29 is 96.3 Å². The third kappa shape index (κ3) is 30.5. The molecular weight excluding hydrogens is 1920 g/mol. The van der Waals surface area contributed by atoms with Gasteiger partial charge in [0.25, 0.3) is 0 Å². The lowest BCUT2D eigenvalue weighted by atomic mass is 9.87. The van der Waals surface area contributed by atoms with E-state index in [1.54, 1.807) is 139 Å². The molecule has 4 aliphatic heterocycles. The second kappa shape index (κ2) is 53.8. The first-order valence-electron chi connectivity index (χ1n) is 49.9. The van der Waals surface area contributed by atoms with Gasteiger partial charge in [0.05, 0.1) is 26.3 Å². The van der Waals surface area contributed by atoms with Gasteiger partial charge >= 0.3 is 6.09 Å². The summed E-state index contributed by atoms with van der Waals surface area (Å²) in [5.74, 6) is -9.78. The fourth-order valence-corrected chi connectivity index (χ4v) is 19.4. The van der Waals surface area contributed by atoms with E-state index in [4.69, 9.17) is 43.1 Å². The van der Waals surface area contributed by atoms with E-state index in [2.05, 4.69) is 39.2 Å². The number of likely N-dealkylation sites (N-methyl/N-ethyl adjacent to an activating group) is 4. The molecule has 0 unspecified atom stereocenters. The predicted molar refractivity (Wildman–Crippen MR) is 564 cm³/mol. The van der Waals surface area contributed by atoms with Crippen LogP contribution in [0.3, 0.4) is 0 Å². The number of phenols is 2. The number of methoxy groups -OCH3 is 2. The number of hydrogen-bond donors (Lipinski definition) is 9. The van der Waals surface area contributed by atoms with Crippen molar-refractivity contribution in [1.29, 1.82) is 0 Å². The van der Waals surface area contributed by atoms with E-state index in [0.29, 0.717) is 143 Å². The summed E-state index contributed by atoms with van der Waals surface area (Å²) in [4.78, 5) is 215. The molecule has 9 N–H and O–H groups in total. The highest BCUT2D eigenvalue weighted by Gasteiger charge is 2.43. The number of aromatic hydroxyl groups is 2. The molecule has 146 heavy (non-hydrogen) atoms. The molecule has 30 nitrogen and oxygen atoms in total. The molecule has 0 radical (unpaired) electrons. The largest absolute Gasteiger partial charge is 0.507 e. The number of hydrogen-bond acceptors (Lipinski definition) is 22. The molecule has 0 spiro atoms.